The van der Waals surface area contributed by atoms with E-state index in [0.29, 0.717) is 5.92 Å². The predicted molar refractivity (Wildman–Crippen MR) is 218 cm³/mol. The van der Waals surface area contributed by atoms with Crippen molar-refractivity contribution in [2.45, 2.75) is 58.3 Å². The molecule has 0 spiro atoms. The Morgan fingerprint density at radius 2 is 1.73 bits per heavy atom. The van der Waals surface area contributed by atoms with Crippen LogP contribution in [-0.4, -0.2) is 0 Å². The molecule has 0 aliphatic heterocycles. The number of rotatable bonds is 13. The Morgan fingerprint density at radius 1 is 0.939 bits per heavy atom. The number of hydrogen-bond donors (Lipinski definition) is 1. The van der Waals surface area contributed by atoms with Crippen LogP contribution in [0.15, 0.2) is 180 Å². The highest BCUT2D eigenvalue weighted by atomic mass is 32.1. The molecular weight excluding hydrogens is 611 g/mol. The van der Waals surface area contributed by atoms with Crippen LogP contribution in [0, 0.1) is 12.8 Å². The number of fused-ring (bicyclic) bond motifs is 1. The van der Waals surface area contributed by atoms with Crippen LogP contribution < -0.4 is 4.90 Å². The molecule has 2 heteroatoms. The van der Waals surface area contributed by atoms with Crippen molar-refractivity contribution in [1.29, 1.82) is 0 Å². The van der Waals surface area contributed by atoms with E-state index in [4.69, 9.17) is 12.6 Å². The van der Waals surface area contributed by atoms with E-state index < -0.39 is 0 Å². The van der Waals surface area contributed by atoms with Gasteiger partial charge >= 0.3 is 0 Å². The number of hydrogen-bond acceptors (Lipinski definition) is 2. The summed E-state index contributed by atoms with van der Waals surface area (Å²) in [5.41, 5.74) is 13.1. The monoisotopic (exact) mass is 659 g/mol. The number of aryl methyl sites for hydroxylation is 1. The normalized spacial score (nSPS) is 16.4. The van der Waals surface area contributed by atoms with Crippen LogP contribution in [0.3, 0.4) is 0 Å². The van der Waals surface area contributed by atoms with E-state index in [1.165, 1.54) is 33.4 Å². The molecular formula is C47H49NS. The lowest BCUT2D eigenvalue weighted by Crippen LogP contribution is -2.16. The molecule has 2 aliphatic rings. The van der Waals surface area contributed by atoms with Gasteiger partial charge in [0.05, 0.1) is 0 Å². The molecule has 0 amide bonds. The first-order valence-electron chi connectivity index (χ1n) is 17.5. The molecule has 0 aromatic heterocycles. The Labute approximate surface area is 300 Å². The molecule has 1 nitrogen and oxygen atoms in total. The third kappa shape index (κ3) is 9.02. The maximum Gasteiger partial charge on any atom is 0.0468 e. The lowest BCUT2D eigenvalue weighted by atomic mass is 9.79. The fourth-order valence-electron chi connectivity index (χ4n) is 6.35. The molecule has 0 saturated carbocycles. The SMILES string of the molecule is C=C(/C=C\CCC)c1cc(N(C(/C=C\C)=C/Cc2ccccc2C)c2ccc(C3=C(/C=C\C=C/C)CC4C=CC=CC4=C3)cc2)ccc1S. The van der Waals surface area contributed by atoms with Crippen LogP contribution in [0.5, 0.6) is 0 Å². The third-order valence-corrected chi connectivity index (χ3v) is 9.44. The van der Waals surface area contributed by atoms with Gasteiger partial charge in [-0.25, -0.2) is 0 Å². The van der Waals surface area contributed by atoms with Gasteiger partial charge in [-0.15, -0.1) is 12.6 Å². The summed E-state index contributed by atoms with van der Waals surface area (Å²) in [6.07, 6.45) is 34.8. The highest BCUT2D eigenvalue weighted by molar-refractivity contribution is 7.80. The summed E-state index contributed by atoms with van der Waals surface area (Å²) < 4.78 is 0. The summed E-state index contributed by atoms with van der Waals surface area (Å²) in [7, 11) is 0. The summed E-state index contributed by atoms with van der Waals surface area (Å²) in [5.74, 6) is 0.422. The topological polar surface area (TPSA) is 3.24 Å². The first-order chi connectivity index (χ1) is 23.9. The predicted octanol–water partition coefficient (Wildman–Crippen LogP) is 13.5. The minimum atomic E-state index is 0.422. The Hall–Kier alpha value is -4.79. The van der Waals surface area contributed by atoms with E-state index in [2.05, 4.69) is 191 Å². The van der Waals surface area contributed by atoms with Gasteiger partial charge in [-0.3, -0.25) is 0 Å². The van der Waals surface area contributed by atoms with Gasteiger partial charge in [0.15, 0.2) is 0 Å². The highest BCUT2D eigenvalue weighted by Crippen LogP contribution is 2.40. The van der Waals surface area contributed by atoms with E-state index in [9.17, 15) is 0 Å². The Morgan fingerprint density at radius 3 is 2.49 bits per heavy atom. The van der Waals surface area contributed by atoms with Crippen LogP contribution in [0.25, 0.3) is 11.1 Å². The Kier molecular flexibility index (Phi) is 12.7. The van der Waals surface area contributed by atoms with Crippen molar-refractivity contribution in [2.75, 3.05) is 4.90 Å². The first kappa shape index (κ1) is 35.5. The zero-order valence-corrected chi connectivity index (χ0v) is 30.3. The van der Waals surface area contributed by atoms with Gasteiger partial charge in [0.1, 0.15) is 0 Å². The van der Waals surface area contributed by atoms with Crippen LogP contribution >= 0.6 is 12.6 Å². The number of anilines is 2. The van der Waals surface area contributed by atoms with Crippen LogP contribution in [0.2, 0.25) is 0 Å². The average molecular weight is 660 g/mol. The second kappa shape index (κ2) is 17.6. The molecule has 3 aromatic carbocycles. The molecule has 0 saturated heterocycles. The second-order valence-corrected chi connectivity index (χ2v) is 13.1. The molecule has 49 heavy (non-hydrogen) atoms. The molecule has 2 aliphatic carbocycles. The second-order valence-electron chi connectivity index (χ2n) is 12.6. The molecule has 0 heterocycles. The number of nitrogens with zero attached hydrogens (tertiary/aromatic N) is 1. The van der Waals surface area contributed by atoms with Gasteiger partial charge in [0.2, 0.25) is 0 Å². The number of benzene rings is 3. The number of unbranched alkanes of at least 4 members (excludes halogenated alkanes) is 1. The summed E-state index contributed by atoms with van der Waals surface area (Å²) in [5, 5.41) is 0. The smallest absolute Gasteiger partial charge is 0.0468 e. The summed E-state index contributed by atoms with van der Waals surface area (Å²) in [6.45, 7) is 12.9. The molecule has 1 atom stereocenters. The van der Waals surface area contributed by atoms with Crippen molar-refractivity contribution in [3.63, 3.8) is 0 Å². The van der Waals surface area contributed by atoms with Gasteiger partial charge in [-0.1, -0.05) is 135 Å². The van der Waals surface area contributed by atoms with E-state index in [0.717, 1.165) is 58.8 Å². The Bertz CT molecular complexity index is 1920. The standard InChI is InChI=1S/C47H49NS/c1-6-9-11-19-36(5)45-34-44(30-31-47(45)49)48(42(17-8-3)27-24-37-20-14-13-18-35(37)4)43-28-25-38(26-29-43)46-33-40-22-16-15-21-39(40)32-41(46)23-12-10-7-2/h7-8,10-23,25-31,33-34,39,49H,5-6,9,24,32H2,1-4H3/b10-7-,17-8-,19-11-,23-12-,42-27+. The van der Waals surface area contributed by atoms with Gasteiger partial charge in [0, 0.05) is 27.9 Å². The number of allylic oxidation sites excluding steroid dienone is 18. The maximum absolute atomic E-state index is 4.85. The molecule has 0 bridgehead atoms. The zero-order valence-electron chi connectivity index (χ0n) is 29.4. The lowest BCUT2D eigenvalue weighted by molar-refractivity contribution is 0.762. The van der Waals surface area contributed by atoms with E-state index in [-0.39, 0.29) is 0 Å². The zero-order chi connectivity index (χ0) is 34.6. The van der Waals surface area contributed by atoms with Crippen molar-refractivity contribution in [3.8, 4) is 0 Å². The fourth-order valence-corrected chi connectivity index (χ4v) is 6.64. The highest BCUT2D eigenvalue weighted by Gasteiger charge is 2.22. The first-order valence-corrected chi connectivity index (χ1v) is 17.9. The minimum Gasteiger partial charge on any atom is -0.311 e. The largest absolute Gasteiger partial charge is 0.311 e. The molecule has 248 valence electrons. The number of thiol groups is 1. The van der Waals surface area contributed by atoms with Gasteiger partial charge in [-0.05, 0) is 121 Å². The van der Waals surface area contributed by atoms with Crippen molar-refractivity contribution in [3.05, 3.63) is 197 Å². The quantitative estimate of drug-likeness (QED) is 0.141. The van der Waals surface area contributed by atoms with E-state index in [1.54, 1.807) is 0 Å². The molecule has 0 radical (unpaired) electrons. The van der Waals surface area contributed by atoms with Crippen LogP contribution in [0.1, 0.15) is 62.3 Å². The molecule has 5 rings (SSSR count). The average Bonchev–Trinajstić information content (AvgIpc) is 3.12. The molecule has 0 N–H and O–H groups in total. The van der Waals surface area contributed by atoms with Gasteiger partial charge < -0.3 is 4.90 Å². The third-order valence-electron chi connectivity index (χ3n) is 9.05. The fraction of sp³-hybridized carbons (Fsp3) is 0.191. The van der Waals surface area contributed by atoms with Crippen molar-refractivity contribution in [1.82, 2.24) is 0 Å². The van der Waals surface area contributed by atoms with Gasteiger partial charge in [0.25, 0.3) is 0 Å². The summed E-state index contributed by atoms with van der Waals surface area (Å²) in [6, 6.07) is 24.2. The van der Waals surface area contributed by atoms with E-state index in [1.807, 2.05) is 0 Å². The molecule has 3 aromatic rings. The maximum atomic E-state index is 4.85. The van der Waals surface area contributed by atoms with Crippen molar-refractivity contribution >= 4 is 35.1 Å². The van der Waals surface area contributed by atoms with E-state index >= 15 is 0 Å². The van der Waals surface area contributed by atoms with Gasteiger partial charge in [-0.2, -0.15) is 0 Å². The minimum absolute atomic E-state index is 0.422. The summed E-state index contributed by atoms with van der Waals surface area (Å²) >= 11 is 4.85. The van der Waals surface area contributed by atoms with Crippen LogP contribution in [0.4, 0.5) is 11.4 Å². The summed E-state index contributed by atoms with van der Waals surface area (Å²) in [4.78, 5) is 3.27. The van der Waals surface area contributed by atoms with Crippen LogP contribution in [-0.2, 0) is 6.42 Å². The lowest BCUT2D eigenvalue weighted by Gasteiger charge is -2.28. The molecule has 0 fully saturated rings. The Balaban J connectivity index is 1.61. The molecule has 1 unspecified atom stereocenters. The van der Waals surface area contributed by atoms with Crippen molar-refractivity contribution < 1.29 is 0 Å². The van der Waals surface area contributed by atoms with Crippen molar-refractivity contribution in [2.24, 2.45) is 5.92 Å².